The van der Waals surface area contributed by atoms with Gasteiger partial charge in [0, 0.05) is 50.8 Å². The molecule has 1 fully saturated rings. The Morgan fingerprint density at radius 2 is 2.08 bits per heavy atom. The first-order valence-corrected chi connectivity index (χ1v) is 8.85. The van der Waals surface area contributed by atoms with E-state index < -0.39 is 0 Å². The number of Topliss-reactive ketones (excluding diaryl/α,β-unsaturated/α-hetero) is 1. The molecule has 0 aliphatic carbocycles. The number of rotatable bonds is 6. The van der Waals surface area contributed by atoms with Gasteiger partial charge in [-0.05, 0) is 37.3 Å². The van der Waals surface area contributed by atoms with E-state index in [1.807, 2.05) is 12.1 Å². The van der Waals surface area contributed by atoms with Gasteiger partial charge in [-0.15, -0.1) is 0 Å². The second-order valence-corrected chi connectivity index (χ2v) is 6.68. The average Bonchev–Trinajstić information content (AvgIpc) is 2.67. The lowest BCUT2D eigenvalue weighted by Crippen LogP contribution is -2.40. The van der Waals surface area contributed by atoms with Crippen molar-refractivity contribution in [3.63, 3.8) is 0 Å². The first-order chi connectivity index (χ1) is 12.6. The molecule has 0 bridgehead atoms. The molecule has 2 aromatic rings. The molecule has 0 aromatic carbocycles. The Morgan fingerprint density at radius 1 is 1.27 bits per heavy atom. The fourth-order valence-electron chi connectivity index (χ4n) is 3.22. The lowest BCUT2D eigenvalue weighted by molar-refractivity contribution is -0.118. The van der Waals surface area contributed by atoms with E-state index in [-0.39, 0.29) is 17.6 Å². The summed E-state index contributed by atoms with van der Waals surface area (Å²) < 4.78 is 0. The van der Waals surface area contributed by atoms with Crippen molar-refractivity contribution in [1.29, 1.82) is 0 Å². The molecule has 26 heavy (non-hydrogen) atoms. The van der Waals surface area contributed by atoms with Gasteiger partial charge in [0.15, 0.2) is 0 Å². The predicted molar refractivity (Wildman–Crippen MR) is 97.5 cm³/mol. The first kappa shape index (κ1) is 18.0. The van der Waals surface area contributed by atoms with Gasteiger partial charge in [-0.25, -0.2) is 9.97 Å². The molecule has 3 heterocycles. The molecule has 0 spiro atoms. The number of carbonyl (C=O) groups is 2. The van der Waals surface area contributed by atoms with Crippen LogP contribution >= 0.6 is 0 Å². The van der Waals surface area contributed by atoms with Gasteiger partial charge in [-0.3, -0.25) is 9.78 Å². The zero-order chi connectivity index (χ0) is 18.4. The highest BCUT2D eigenvalue weighted by atomic mass is 16.2. The maximum atomic E-state index is 12.7. The zero-order valence-electron chi connectivity index (χ0n) is 14.9. The van der Waals surface area contributed by atoms with Gasteiger partial charge in [-0.1, -0.05) is 6.07 Å². The number of hydrogen-bond acceptors (Lipinski definition) is 6. The number of anilines is 1. The van der Waals surface area contributed by atoms with Crippen molar-refractivity contribution in [2.24, 2.45) is 5.92 Å². The van der Waals surface area contributed by atoms with Crippen molar-refractivity contribution in [3.8, 4) is 0 Å². The van der Waals surface area contributed by atoms with Crippen LogP contribution in [0.3, 0.4) is 0 Å². The third-order valence-electron chi connectivity index (χ3n) is 4.45. The van der Waals surface area contributed by atoms with Crippen molar-refractivity contribution in [1.82, 2.24) is 19.9 Å². The standard InChI is InChI=1S/C19H23N5O2/c1-14(25)8-15-5-3-7-24(13-15)18(26)17-11-22-19(23-12-17)21-10-16-4-2-6-20-9-16/h2,4,6,9,11-12,15H,3,5,7-8,10,13H2,1H3,(H,21,22,23). The van der Waals surface area contributed by atoms with Gasteiger partial charge >= 0.3 is 0 Å². The molecule has 1 amide bonds. The minimum absolute atomic E-state index is 0.0722. The van der Waals surface area contributed by atoms with E-state index >= 15 is 0 Å². The Labute approximate surface area is 152 Å². The molecule has 1 aliphatic heterocycles. The van der Waals surface area contributed by atoms with E-state index in [0.717, 1.165) is 18.4 Å². The third kappa shape index (κ3) is 4.84. The van der Waals surface area contributed by atoms with Crippen LogP contribution in [-0.2, 0) is 11.3 Å². The van der Waals surface area contributed by atoms with Crippen molar-refractivity contribution in [2.45, 2.75) is 32.7 Å². The van der Waals surface area contributed by atoms with Crippen molar-refractivity contribution in [2.75, 3.05) is 18.4 Å². The number of pyridine rings is 1. The lowest BCUT2D eigenvalue weighted by atomic mass is 9.93. The van der Waals surface area contributed by atoms with Crippen LogP contribution in [0.1, 0.15) is 42.1 Å². The highest BCUT2D eigenvalue weighted by Gasteiger charge is 2.25. The summed E-state index contributed by atoms with van der Waals surface area (Å²) >= 11 is 0. The molecule has 7 nitrogen and oxygen atoms in total. The van der Waals surface area contributed by atoms with Crippen LogP contribution < -0.4 is 5.32 Å². The van der Waals surface area contributed by atoms with Crippen LogP contribution in [0.2, 0.25) is 0 Å². The van der Waals surface area contributed by atoms with Gasteiger partial charge in [0.05, 0.1) is 5.56 Å². The first-order valence-electron chi connectivity index (χ1n) is 8.85. The van der Waals surface area contributed by atoms with Gasteiger partial charge in [-0.2, -0.15) is 0 Å². The summed E-state index contributed by atoms with van der Waals surface area (Å²) in [6.45, 7) is 3.51. The third-order valence-corrected chi connectivity index (χ3v) is 4.45. The summed E-state index contributed by atoms with van der Waals surface area (Å²) in [5, 5.41) is 3.11. The Morgan fingerprint density at radius 3 is 2.77 bits per heavy atom. The minimum atomic E-state index is -0.0722. The minimum Gasteiger partial charge on any atom is -0.350 e. The molecule has 1 N–H and O–H groups in total. The number of aromatic nitrogens is 3. The van der Waals surface area contributed by atoms with Crippen molar-refractivity contribution in [3.05, 3.63) is 48.0 Å². The lowest BCUT2D eigenvalue weighted by Gasteiger charge is -2.32. The van der Waals surface area contributed by atoms with E-state index in [1.54, 1.807) is 36.6 Å². The Hall–Kier alpha value is -2.83. The largest absolute Gasteiger partial charge is 0.350 e. The number of likely N-dealkylation sites (tertiary alicyclic amines) is 1. The number of carbonyl (C=O) groups excluding carboxylic acids is 2. The summed E-state index contributed by atoms with van der Waals surface area (Å²) in [5.41, 5.74) is 1.50. The second-order valence-electron chi connectivity index (χ2n) is 6.68. The Bertz CT molecular complexity index is 748. The van der Waals surface area contributed by atoms with Crippen LogP contribution in [0, 0.1) is 5.92 Å². The maximum absolute atomic E-state index is 12.7. The zero-order valence-corrected chi connectivity index (χ0v) is 14.9. The van der Waals surface area contributed by atoms with Gasteiger partial charge in [0.25, 0.3) is 5.91 Å². The van der Waals surface area contributed by atoms with Crippen LogP contribution in [-0.4, -0.2) is 44.6 Å². The highest BCUT2D eigenvalue weighted by molar-refractivity contribution is 5.93. The predicted octanol–water partition coefficient (Wildman–Crippen LogP) is 2.32. The van der Waals surface area contributed by atoms with E-state index in [0.29, 0.717) is 37.6 Å². The number of nitrogens with one attached hydrogen (secondary N) is 1. The molecule has 0 saturated carbocycles. The number of piperidine rings is 1. The second kappa shape index (κ2) is 8.51. The topological polar surface area (TPSA) is 88.1 Å². The normalized spacial score (nSPS) is 17.0. The summed E-state index contributed by atoms with van der Waals surface area (Å²) in [5.74, 6) is 0.832. The molecule has 1 unspecified atom stereocenters. The van der Waals surface area contributed by atoms with E-state index in [1.165, 1.54) is 0 Å². The molecular formula is C19H23N5O2. The number of hydrogen-bond donors (Lipinski definition) is 1. The van der Waals surface area contributed by atoms with Crippen LogP contribution in [0.5, 0.6) is 0 Å². The summed E-state index contributed by atoms with van der Waals surface area (Å²) in [6.07, 6.45) is 9.06. The SMILES string of the molecule is CC(=O)CC1CCCN(C(=O)c2cnc(NCc3cccnc3)nc2)C1. The van der Waals surface area contributed by atoms with Crippen molar-refractivity contribution < 1.29 is 9.59 Å². The molecule has 1 aliphatic rings. The number of amides is 1. The maximum Gasteiger partial charge on any atom is 0.257 e. The summed E-state index contributed by atoms with van der Waals surface area (Å²) in [7, 11) is 0. The molecule has 2 aromatic heterocycles. The number of ketones is 1. The van der Waals surface area contributed by atoms with E-state index in [4.69, 9.17) is 0 Å². The van der Waals surface area contributed by atoms with E-state index in [2.05, 4.69) is 20.3 Å². The Kier molecular flexibility index (Phi) is 5.88. The molecule has 3 rings (SSSR count). The molecule has 0 radical (unpaired) electrons. The van der Waals surface area contributed by atoms with Gasteiger partial charge in [0.2, 0.25) is 5.95 Å². The monoisotopic (exact) mass is 353 g/mol. The fourth-order valence-corrected chi connectivity index (χ4v) is 3.22. The van der Waals surface area contributed by atoms with Crippen LogP contribution in [0.4, 0.5) is 5.95 Å². The summed E-state index contributed by atoms with van der Waals surface area (Å²) in [6, 6.07) is 3.84. The van der Waals surface area contributed by atoms with Crippen molar-refractivity contribution >= 4 is 17.6 Å². The Balaban J connectivity index is 1.57. The van der Waals surface area contributed by atoms with E-state index in [9.17, 15) is 9.59 Å². The van der Waals surface area contributed by atoms with Gasteiger partial charge in [0.1, 0.15) is 5.78 Å². The van der Waals surface area contributed by atoms with Gasteiger partial charge < -0.3 is 15.0 Å². The molecule has 1 saturated heterocycles. The molecular weight excluding hydrogens is 330 g/mol. The smallest absolute Gasteiger partial charge is 0.257 e. The summed E-state index contributed by atoms with van der Waals surface area (Å²) in [4.78, 5) is 38.3. The molecule has 136 valence electrons. The molecule has 1 atom stereocenters. The highest BCUT2D eigenvalue weighted by Crippen LogP contribution is 2.21. The number of nitrogens with zero attached hydrogens (tertiary/aromatic N) is 4. The quantitative estimate of drug-likeness (QED) is 0.857. The van der Waals surface area contributed by atoms with Crippen LogP contribution in [0.15, 0.2) is 36.9 Å². The average molecular weight is 353 g/mol. The van der Waals surface area contributed by atoms with Crippen LogP contribution in [0.25, 0.3) is 0 Å². The molecule has 7 heteroatoms. The fraction of sp³-hybridized carbons (Fsp3) is 0.421.